The molecule has 5 heteroatoms. The van der Waals surface area contributed by atoms with Crippen molar-refractivity contribution in [1.29, 1.82) is 0 Å². The topological polar surface area (TPSA) is 51.8 Å². The zero-order chi connectivity index (χ0) is 14.1. The fourth-order valence-electron chi connectivity index (χ4n) is 1.86. The second-order valence-electron chi connectivity index (χ2n) is 4.32. The van der Waals surface area contributed by atoms with Gasteiger partial charge in [0.15, 0.2) is 0 Å². The average Bonchev–Trinajstić information content (AvgIpc) is 3.02. The quantitative estimate of drug-likeness (QED) is 0.452. The molecule has 0 unspecified atom stereocenters. The van der Waals surface area contributed by atoms with E-state index < -0.39 is 5.97 Å². The molecule has 0 radical (unpaired) electrons. The van der Waals surface area contributed by atoms with E-state index >= 15 is 0 Å². The van der Waals surface area contributed by atoms with E-state index in [1.807, 2.05) is 36.4 Å². The smallest absolute Gasteiger partial charge is 0.367 e. The number of furan rings is 1. The highest BCUT2D eigenvalue weighted by Crippen LogP contribution is 2.25. The fraction of sp³-hybridized carbons (Fsp3) is 0.0667. The van der Waals surface area contributed by atoms with Crippen LogP contribution in [0.3, 0.4) is 0 Å². The van der Waals surface area contributed by atoms with E-state index in [1.54, 1.807) is 13.0 Å². The molecule has 0 bridgehead atoms. The van der Waals surface area contributed by atoms with Crippen LogP contribution < -0.4 is 0 Å². The van der Waals surface area contributed by atoms with Crippen LogP contribution in [0.2, 0.25) is 0 Å². The number of carbonyl (C=O) groups is 1. The summed E-state index contributed by atoms with van der Waals surface area (Å²) in [5, 5.41) is 3.63. The second kappa shape index (κ2) is 5.24. The molecule has 0 N–H and O–H groups in total. The molecule has 20 heavy (non-hydrogen) atoms. The van der Waals surface area contributed by atoms with E-state index in [-0.39, 0.29) is 0 Å². The van der Waals surface area contributed by atoms with Gasteiger partial charge in [-0.15, -0.1) is 0 Å². The summed E-state index contributed by atoms with van der Waals surface area (Å²) in [5.74, 6) is 0.908. The van der Waals surface area contributed by atoms with Crippen molar-refractivity contribution < 1.29 is 14.0 Å². The van der Waals surface area contributed by atoms with E-state index in [1.165, 1.54) is 3.57 Å². The predicted molar refractivity (Wildman–Crippen MR) is 84.0 cm³/mol. The Morgan fingerprint density at radius 1 is 1.15 bits per heavy atom. The van der Waals surface area contributed by atoms with Gasteiger partial charge in [-0.2, -0.15) is 0 Å². The highest BCUT2D eigenvalue weighted by molar-refractivity contribution is 14.1. The molecule has 2 heterocycles. The van der Waals surface area contributed by atoms with Gasteiger partial charge in [0.2, 0.25) is 0 Å². The molecular weight excluding hydrogens is 369 g/mol. The zero-order valence-corrected chi connectivity index (χ0v) is 12.7. The Morgan fingerprint density at radius 3 is 2.55 bits per heavy atom. The maximum atomic E-state index is 11.5. The summed E-state index contributed by atoms with van der Waals surface area (Å²) in [6.07, 6.45) is 1.64. The number of hydrogen-bond donors (Lipinski definition) is 0. The summed E-state index contributed by atoms with van der Waals surface area (Å²) < 4.78 is 6.89. The molecule has 0 fully saturated rings. The molecule has 2 aromatic rings. The molecule has 0 amide bonds. The summed E-state index contributed by atoms with van der Waals surface area (Å²) in [6, 6.07) is 11.7. The van der Waals surface area contributed by atoms with Crippen molar-refractivity contribution in [3.05, 3.63) is 51.3 Å². The van der Waals surface area contributed by atoms with Gasteiger partial charge in [-0.25, -0.2) is 4.79 Å². The zero-order valence-electron chi connectivity index (χ0n) is 10.6. The lowest BCUT2D eigenvalue weighted by atomic mass is 10.1. The third-order valence-electron chi connectivity index (χ3n) is 2.92. The first-order valence-corrected chi connectivity index (χ1v) is 7.05. The molecular formula is C15H10INO3. The summed E-state index contributed by atoms with van der Waals surface area (Å²) >= 11 is 2.25. The molecule has 1 aromatic carbocycles. The summed E-state index contributed by atoms with van der Waals surface area (Å²) in [4.78, 5) is 16.0. The lowest BCUT2D eigenvalue weighted by molar-refractivity contribution is -0.136. The lowest BCUT2D eigenvalue weighted by Gasteiger charge is -1.97. The highest BCUT2D eigenvalue weighted by Gasteiger charge is 2.22. The minimum absolute atomic E-state index is 0.425. The Bertz CT molecular complexity index is 726. The molecule has 0 saturated heterocycles. The van der Waals surface area contributed by atoms with Crippen LogP contribution in [0.5, 0.6) is 0 Å². The van der Waals surface area contributed by atoms with Gasteiger partial charge in [-0.05, 0) is 59.9 Å². The van der Waals surface area contributed by atoms with Crippen molar-refractivity contribution in [1.82, 2.24) is 0 Å². The second-order valence-corrected chi connectivity index (χ2v) is 5.57. The molecule has 1 aromatic heterocycles. The minimum atomic E-state index is -0.449. The van der Waals surface area contributed by atoms with E-state index in [4.69, 9.17) is 4.42 Å². The van der Waals surface area contributed by atoms with Crippen LogP contribution in [0.4, 0.5) is 0 Å². The lowest BCUT2D eigenvalue weighted by Crippen LogP contribution is -2.01. The molecule has 0 saturated carbocycles. The van der Waals surface area contributed by atoms with Gasteiger partial charge in [-0.3, -0.25) is 0 Å². The van der Waals surface area contributed by atoms with Gasteiger partial charge in [0.25, 0.3) is 0 Å². The van der Waals surface area contributed by atoms with Crippen molar-refractivity contribution in [2.75, 3.05) is 0 Å². The molecule has 0 aliphatic carbocycles. The number of benzene rings is 1. The monoisotopic (exact) mass is 379 g/mol. The van der Waals surface area contributed by atoms with E-state index in [9.17, 15) is 4.79 Å². The van der Waals surface area contributed by atoms with Gasteiger partial charge in [0, 0.05) is 9.13 Å². The normalized spacial score (nSPS) is 16.4. The molecule has 1 aliphatic rings. The Morgan fingerprint density at radius 2 is 1.90 bits per heavy atom. The Balaban J connectivity index is 1.91. The Hall–Kier alpha value is -1.89. The Labute approximate surface area is 129 Å². The van der Waals surface area contributed by atoms with Crippen LogP contribution in [0.1, 0.15) is 12.7 Å². The van der Waals surface area contributed by atoms with Crippen LogP contribution in [0, 0.1) is 3.57 Å². The third-order valence-corrected chi connectivity index (χ3v) is 3.64. The van der Waals surface area contributed by atoms with Gasteiger partial charge in [0.05, 0.1) is 11.3 Å². The van der Waals surface area contributed by atoms with E-state index in [0.717, 1.165) is 11.3 Å². The van der Waals surface area contributed by atoms with Crippen molar-refractivity contribution in [2.45, 2.75) is 6.92 Å². The third kappa shape index (κ3) is 2.53. The van der Waals surface area contributed by atoms with E-state index in [2.05, 4.69) is 32.6 Å². The van der Waals surface area contributed by atoms with Gasteiger partial charge < -0.3 is 9.25 Å². The van der Waals surface area contributed by atoms with Crippen LogP contribution in [-0.4, -0.2) is 11.7 Å². The predicted octanol–water partition coefficient (Wildman–Crippen LogP) is 3.87. The maximum Gasteiger partial charge on any atom is 0.367 e. The standard InChI is InChI=1S/C15H10INO3/c1-9-13(15(18)20-17-9)8-12-6-7-14(19-12)10-2-4-11(16)5-3-10/h2-8H,1H3/b13-8-. The summed E-state index contributed by atoms with van der Waals surface area (Å²) in [7, 11) is 0. The van der Waals surface area contributed by atoms with E-state index in [0.29, 0.717) is 17.0 Å². The molecule has 3 rings (SSSR count). The largest absolute Gasteiger partial charge is 0.457 e. The fourth-order valence-corrected chi connectivity index (χ4v) is 2.22. The molecule has 100 valence electrons. The molecule has 0 atom stereocenters. The first kappa shape index (κ1) is 13.1. The van der Waals surface area contributed by atoms with Crippen LogP contribution in [0.25, 0.3) is 17.4 Å². The first-order chi connectivity index (χ1) is 9.63. The van der Waals surface area contributed by atoms with Crippen molar-refractivity contribution in [2.24, 2.45) is 5.16 Å². The average molecular weight is 379 g/mol. The van der Waals surface area contributed by atoms with Crippen LogP contribution in [-0.2, 0) is 9.63 Å². The Kier molecular flexibility index (Phi) is 3.43. The van der Waals surface area contributed by atoms with Gasteiger partial charge >= 0.3 is 5.97 Å². The first-order valence-electron chi connectivity index (χ1n) is 5.97. The molecule has 4 nitrogen and oxygen atoms in total. The van der Waals surface area contributed by atoms with Crippen molar-refractivity contribution in [3.63, 3.8) is 0 Å². The SMILES string of the molecule is CC1=NOC(=O)/C1=C\c1ccc(-c2ccc(I)cc2)o1. The number of hydrogen-bond acceptors (Lipinski definition) is 4. The van der Waals surface area contributed by atoms with Gasteiger partial charge in [-0.1, -0.05) is 17.3 Å². The summed E-state index contributed by atoms with van der Waals surface area (Å²) in [5.41, 5.74) is 1.98. The number of rotatable bonds is 2. The van der Waals surface area contributed by atoms with Crippen LogP contribution >= 0.6 is 22.6 Å². The van der Waals surface area contributed by atoms with Gasteiger partial charge in [0.1, 0.15) is 11.5 Å². The molecule has 1 aliphatic heterocycles. The number of halogens is 1. The number of oxime groups is 1. The minimum Gasteiger partial charge on any atom is -0.457 e. The van der Waals surface area contributed by atoms with Crippen LogP contribution in [0.15, 0.2) is 51.5 Å². The highest BCUT2D eigenvalue weighted by atomic mass is 127. The van der Waals surface area contributed by atoms with Crippen molar-refractivity contribution >= 4 is 40.3 Å². The van der Waals surface area contributed by atoms with Crippen molar-refractivity contribution in [3.8, 4) is 11.3 Å². The number of carbonyl (C=O) groups excluding carboxylic acids is 1. The number of nitrogens with zero attached hydrogens (tertiary/aromatic N) is 1. The summed E-state index contributed by atoms with van der Waals surface area (Å²) in [6.45, 7) is 1.72. The molecule has 0 spiro atoms. The maximum absolute atomic E-state index is 11.5.